The molecule has 1 aromatic rings. The maximum atomic E-state index is 13.0. The zero-order valence-electron chi connectivity index (χ0n) is 14.9. The van der Waals surface area contributed by atoms with E-state index in [2.05, 4.69) is 0 Å². The van der Waals surface area contributed by atoms with Crippen molar-refractivity contribution in [1.29, 1.82) is 0 Å². The van der Waals surface area contributed by atoms with E-state index in [1.165, 1.54) is 0 Å². The molecule has 1 aromatic carbocycles. The number of carbonyl (C=O) groups is 1. The van der Waals surface area contributed by atoms with Gasteiger partial charge in [0.2, 0.25) is 5.91 Å². The molecule has 1 saturated heterocycles. The molecule has 26 heavy (non-hydrogen) atoms. The number of hydrogen-bond acceptors (Lipinski definition) is 7. The number of benzene rings is 1. The van der Waals surface area contributed by atoms with Crippen LogP contribution in [0.25, 0.3) is 0 Å². The van der Waals surface area contributed by atoms with Crippen molar-refractivity contribution in [3.63, 3.8) is 0 Å². The van der Waals surface area contributed by atoms with Crippen LogP contribution in [0, 0.1) is 5.92 Å². The predicted molar refractivity (Wildman–Crippen MR) is 91.6 cm³/mol. The number of carbonyl (C=O) groups excluding carboxylic acids is 1. The number of fused-ring (bicyclic) bond motifs is 1. The molecule has 0 bridgehead atoms. The van der Waals surface area contributed by atoms with Crippen LogP contribution in [-0.4, -0.2) is 60.7 Å². The second-order valence-corrected chi connectivity index (χ2v) is 6.70. The van der Waals surface area contributed by atoms with Crippen LogP contribution in [-0.2, 0) is 20.8 Å². The summed E-state index contributed by atoms with van der Waals surface area (Å²) in [5, 5.41) is 18.7. The van der Waals surface area contributed by atoms with E-state index in [4.69, 9.17) is 19.4 Å². The van der Waals surface area contributed by atoms with Crippen LogP contribution in [0.5, 0.6) is 5.75 Å². The van der Waals surface area contributed by atoms with Crippen molar-refractivity contribution in [2.45, 2.75) is 31.7 Å². The van der Waals surface area contributed by atoms with Gasteiger partial charge in [-0.15, -0.1) is 0 Å². The van der Waals surface area contributed by atoms with Crippen molar-refractivity contribution in [2.75, 3.05) is 33.5 Å². The summed E-state index contributed by atoms with van der Waals surface area (Å²) in [7, 11) is 1.59. The Hall–Kier alpha value is -1.71. The first-order chi connectivity index (χ1) is 12.6. The fourth-order valence-electron chi connectivity index (χ4n) is 3.43. The molecule has 0 spiro atoms. The van der Waals surface area contributed by atoms with Gasteiger partial charge in [0.15, 0.2) is 6.23 Å². The van der Waals surface area contributed by atoms with Gasteiger partial charge in [0.25, 0.3) is 0 Å². The van der Waals surface area contributed by atoms with Crippen LogP contribution in [0.4, 0.5) is 0 Å². The van der Waals surface area contributed by atoms with Crippen LogP contribution in [0.3, 0.4) is 0 Å². The number of rotatable bonds is 5. The molecule has 3 rings (SSSR count). The Morgan fingerprint density at radius 2 is 2.19 bits per heavy atom. The van der Waals surface area contributed by atoms with Gasteiger partial charge in [0, 0.05) is 43.9 Å². The second kappa shape index (κ2) is 8.79. The van der Waals surface area contributed by atoms with Crippen molar-refractivity contribution in [1.82, 2.24) is 10.4 Å². The molecule has 1 amide bonds. The summed E-state index contributed by atoms with van der Waals surface area (Å²) in [6, 6.07) is 5.18. The lowest BCUT2D eigenvalue weighted by Gasteiger charge is -2.29. The molecule has 2 aliphatic heterocycles. The summed E-state index contributed by atoms with van der Waals surface area (Å²) >= 11 is 0. The van der Waals surface area contributed by atoms with Crippen molar-refractivity contribution < 1.29 is 29.3 Å². The van der Waals surface area contributed by atoms with Crippen molar-refractivity contribution in [3.8, 4) is 5.75 Å². The lowest BCUT2D eigenvalue weighted by molar-refractivity contribution is -0.140. The predicted octanol–water partition coefficient (Wildman–Crippen LogP) is 0.819. The third-order valence-corrected chi connectivity index (χ3v) is 4.84. The Kier molecular flexibility index (Phi) is 6.44. The van der Waals surface area contributed by atoms with Gasteiger partial charge in [-0.3, -0.25) is 4.79 Å². The molecule has 8 heteroatoms. The minimum Gasteiger partial charge on any atom is -0.486 e. The highest BCUT2D eigenvalue weighted by Gasteiger charge is 2.31. The molecular formula is C18H26N2O6. The van der Waals surface area contributed by atoms with Gasteiger partial charge in [-0.25, -0.2) is 0 Å². The maximum Gasteiger partial charge on any atom is 0.226 e. The summed E-state index contributed by atoms with van der Waals surface area (Å²) in [5.41, 5.74) is 3.15. The van der Waals surface area contributed by atoms with Crippen LogP contribution in [0.1, 0.15) is 30.2 Å². The quantitative estimate of drug-likeness (QED) is 0.524. The zero-order valence-corrected chi connectivity index (χ0v) is 14.9. The standard InChI is InChI=1S/C18H26N2O6/c1-24-11-15-10-20(18(22)12-4-6-25-7-5-12)9-14-3-2-13(17(21)19-23)8-16(14)26-15/h2-3,8,12,15,17,19,21,23H,4-7,9-11H2,1H3/t15-,17?/m1/s1. The van der Waals surface area contributed by atoms with Crippen molar-refractivity contribution in [3.05, 3.63) is 29.3 Å². The first-order valence-electron chi connectivity index (χ1n) is 8.85. The molecule has 1 fully saturated rings. The average molecular weight is 366 g/mol. The molecule has 8 nitrogen and oxygen atoms in total. The largest absolute Gasteiger partial charge is 0.486 e. The number of hydroxylamine groups is 1. The number of aliphatic hydroxyl groups is 1. The molecule has 2 atom stereocenters. The Bertz CT molecular complexity index is 620. The monoisotopic (exact) mass is 366 g/mol. The Morgan fingerprint density at radius 1 is 1.42 bits per heavy atom. The van der Waals surface area contributed by atoms with Gasteiger partial charge in [-0.2, -0.15) is 5.48 Å². The fraction of sp³-hybridized carbons (Fsp3) is 0.611. The minimum atomic E-state index is -1.20. The van der Waals surface area contributed by atoms with E-state index in [1.807, 2.05) is 16.4 Å². The SMILES string of the molecule is COC[C@H]1CN(C(=O)C2CCOCC2)Cc2ccc(C(O)NO)cc2O1. The first kappa shape index (κ1) is 19.1. The summed E-state index contributed by atoms with van der Waals surface area (Å²) in [4.78, 5) is 14.8. The van der Waals surface area contributed by atoms with Crippen molar-refractivity contribution in [2.24, 2.45) is 5.92 Å². The van der Waals surface area contributed by atoms with E-state index >= 15 is 0 Å². The zero-order chi connectivity index (χ0) is 18.5. The highest BCUT2D eigenvalue weighted by molar-refractivity contribution is 5.79. The molecule has 0 saturated carbocycles. The molecule has 2 aliphatic rings. The van der Waals surface area contributed by atoms with Gasteiger partial charge in [-0.1, -0.05) is 12.1 Å². The smallest absolute Gasteiger partial charge is 0.226 e. The highest BCUT2D eigenvalue weighted by atomic mass is 16.5. The molecule has 144 valence electrons. The third kappa shape index (κ3) is 4.33. The number of nitrogens with one attached hydrogen (secondary N) is 1. The van der Waals surface area contributed by atoms with E-state index in [0.29, 0.717) is 44.2 Å². The number of ether oxygens (including phenoxy) is 3. The number of amides is 1. The fourth-order valence-corrected chi connectivity index (χ4v) is 3.43. The summed E-state index contributed by atoms with van der Waals surface area (Å²) in [6.45, 7) is 2.47. The third-order valence-electron chi connectivity index (χ3n) is 4.84. The van der Waals surface area contributed by atoms with Gasteiger partial charge in [0.1, 0.15) is 11.9 Å². The van der Waals surface area contributed by atoms with Crippen LogP contribution in [0.2, 0.25) is 0 Å². The maximum absolute atomic E-state index is 13.0. The molecule has 3 N–H and O–H groups in total. The van der Waals surface area contributed by atoms with E-state index < -0.39 is 6.23 Å². The number of aliphatic hydroxyl groups excluding tert-OH is 1. The number of hydrogen-bond donors (Lipinski definition) is 3. The second-order valence-electron chi connectivity index (χ2n) is 6.70. The van der Waals surface area contributed by atoms with Gasteiger partial charge in [-0.05, 0) is 18.9 Å². The Balaban J connectivity index is 1.83. The normalized spacial score (nSPS) is 22.3. The van der Waals surface area contributed by atoms with Crippen LogP contribution >= 0.6 is 0 Å². The van der Waals surface area contributed by atoms with Crippen LogP contribution < -0.4 is 10.2 Å². The number of nitrogens with zero attached hydrogens (tertiary/aromatic N) is 1. The van der Waals surface area contributed by atoms with E-state index in [-0.39, 0.29) is 17.9 Å². The highest BCUT2D eigenvalue weighted by Crippen LogP contribution is 2.30. The molecule has 0 aliphatic carbocycles. The Morgan fingerprint density at radius 3 is 2.88 bits per heavy atom. The summed E-state index contributed by atoms with van der Waals surface area (Å²) in [6.07, 6.45) is -0.0242. The van der Waals surface area contributed by atoms with Gasteiger partial charge in [0.05, 0.1) is 13.2 Å². The average Bonchev–Trinajstić information content (AvgIpc) is 2.86. The van der Waals surface area contributed by atoms with Gasteiger partial charge < -0.3 is 29.4 Å². The molecule has 0 radical (unpaired) electrons. The van der Waals surface area contributed by atoms with E-state index in [9.17, 15) is 9.90 Å². The molecule has 1 unspecified atom stereocenters. The van der Waals surface area contributed by atoms with E-state index in [1.54, 1.807) is 19.2 Å². The van der Waals surface area contributed by atoms with Crippen molar-refractivity contribution >= 4 is 5.91 Å². The summed E-state index contributed by atoms with van der Waals surface area (Å²) < 4.78 is 16.6. The Labute approximate surface area is 152 Å². The van der Waals surface area contributed by atoms with E-state index in [0.717, 1.165) is 18.4 Å². The van der Waals surface area contributed by atoms with Crippen LogP contribution in [0.15, 0.2) is 18.2 Å². The molecule has 2 heterocycles. The summed E-state index contributed by atoms with van der Waals surface area (Å²) in [5.74, 6) is 0.682. The lowest BCUT2D eigenvalue weighted by Crippen LogP contribution is -2.43. The first-order valence-corrected chi connectivity index (χ1v) is 8.85. The molecule has 0 aromatic heterocycles. The topological polar surface area (TPSA) is 100 Å². The molecular weight excluding hydrogens is 340 g/mol. The van der Waals surface area contributed by atoms with Gasteiger partial charge >= 0.3 is 0 Å². The number of methoxy groups -OCH3 is 1. The lowest BCUT2D eigenvalue weighted by atomic mass is 9.98. The minimum absolute atomic E-state index is 0.0202.